The molecule has 5 aromatic rings. The molecule has 6 nitrogen and oxygen atoms in total. The lowest BCUT2D eigenvalue weighted by Crippen LogP contribution is -2.27. The second-order valence-electron chi connectivity index (χ2n) is 10.4. The molecule has 0 saturated heterocycles. The largest absolute Gasteiger partial charge is 0.455 e. The fraction of sp³-hybridized carbons (Fsp3) is 0.200. The van der Waals surface area contributed by atoms with Crippen LogP contribution in [0.3, 0.4) is 0 Å². The Labute approximate surface area is 238 Å². The summed E-state index contributed by atoms with van der Waals surface area (Å²) in [5, 5.41) is 8.26. The number of para-hydroxylation sites is 1. The molecule has 0 aliphatic heterocycles. The summed E-state index contributed by atoms with van der Waals surface area (Å²) < 4.78 is 39.3. The number of hydrogen-bond donors (Lipinski definition) is 1. The highest BCUT2D eigenvalue weighted by Gasteiger charge is 2.39. The molecule has 0 bridgehead atoms. The van der Waals surface area contributed by atoms with Gasteiger partial charge in [-0.15, -0.1) is 0 Å². The highest BCUT2D eigenvalue weighted by molar-refractivity contribution is 9.10. The summed E-state index contributed by atoms with van der Waals surface area (Å²) in [7, 11) is -6.63. The third-order valence-electron chi connectivity index (χ3n) is 6.79. The average molecular weight is 625 g/mol. The van der Waals surface area contributed by atoms with Gasteiger partial charge in [-0.25, -0.2) is 18.3 Å². The molecule has 0 saturated carbocycles. The van der Waals surface area contributed by atoms with Crippen LogP contribution in [-0.2, 0) is 16.6 Å². The number of nitrogens with two attached hydrogens (primary N) is 1. The molecule has 0 fully saturated rings. The van der Waals surface area contributed by atoms with E-state index in [2.05, 4.69) is 90.7 Å². The van der Waals surface area contributed by atoms with Crippen LogP contribution in [0.1, 0.15) is 27.7 Å². The number of benzene rings is 4. The monoisotopic (exact) mass is 623 g/mol. The maximum atomic E-state index is 11.9. The van der Waals surface area contributed by atoms with Crippen molar-refractivity contribution in [1.82, 2.24) is 4.57 Å². The molecule has 1 heterocycles. The lowest BCUT2D eigenvalue weighted by Gasteiger charge is -2.37. The molecule has 0 amide bonds. The first-order chi connectivity index (χ1) is 18.4. The molecule has 1 unspecified atom stereocenters. The maximum Gasteiger partial charge on any atom is 0.238 e. The number of hydrogen-bond acceptors (Lipinski definition) is 4. The summed E-state index contributed by atoms with van der Waals surface area (Å²) in [6.07, 6.45) is 0. The van der Waals surface area contributed by atoms with Gasteiger partial charge in [-0.05, 0) is 73.7 Å². The Kier molecular flexibility index (Phi) is 7.27. The molecule has 0 aliphatic carbocycles. The summed E-state index contributed by atoms with van der Waals surface area (Å²) in [4.78, 5) is 0.0443. The molecule has 39 heavy (non-hydrogen) atoms. The van der Waals surface area contributed by atoms with Gasteiger partial charge in [-0.3, -0.25) is 0 Å². The number of nitrogens with zero attached hydrogens (tertiary/aromatic N) is 2. The Morgan fingerprint density at radius 1 is 0.897 bits per heavy atom. The second-order valence-corrected chi connectivity index (χ2v) is 16.3. The van der Waals surface area contributed by atoms with Crippen LogP contribution in [0, 0.1) is 0 Å². The molecule has 202 valence electrons. The first-order valence-corrected chi connectivity index (χ1v) is 16.6. The van der Waals surface area contributed by atoms with E-state index in [1.165, 1.54) is 23.0 Å². The van der Waals surface area contributed by atoms with Crippen molar-refractivity contribution in [3.8, 4) is 5.75 Å². The lowest BCUT2D eigenvalue weighted by atomic mass is 10.1. The van der Waals surface area contributed by atoms with Crippen LogP contribution < -0.4 is 15.0 Å². The Morgan fingerprint density at radius 2 is 1.59 bits per heavy atom. The van der Waals surface area contributed by atoms with Crippen molar-refractivity contribution in [2.45, 2.75) is 44.3 Å². The van der Waals surface area contributed by atoms with Crippen molar-refractivity contribution >= 4 is 66.0 Å². The summed E-state index contributed by atoms with van der Waals surface area (Å²) in [5.41, 5.74) is 2.97. The van der Waals surface area contributed by atoms with Crippen LogP contribution >= 0.6 is 23.2 Å². The SMILES string of the molecule is CCn1c2ccccc2c2cc(P(=Nc3ccc(S(N)(=O)=O)cc3)(Oc3cccc(Br)c3)C(C)(C)C)ccc21. The number of rotatable bonds is 6. The van der Waals surface area contributed by atoms with E-state index < -0.39 is 22.5 Å². The van der Waals surface area contributed by atoms with Crippen molar-refractivity contribution in [1.29, 1.82) is 0 Å². The highest BCUT2D eigenvalue weighted by Crippen LogP contribution is 2.62. The third-order valence-corrected chi connectivity index (χ3v) is 12.0. The van der Waals surface area contributed by atoms with Crippen LogP contribution in [-0.4, -0.2) is 18.1 Å². The summed E-state index contributed by atoms with van der Waals surface area (Å²) >= 11 is 3.57. The minimum absolute atomic E-state index is 0.0443. The van der Waals surface area contributed by atoms with Gasteiger partial charge in [-0.2, -0.15) is 0 Å². The van der Waals surface area contributed by atoms with Crippen LogP contribution in [0.15, 0.2) is 105 Å². The highest BCUT2D eigenvalue weighted by atomic mass is 79.9. The van der Waals surface area contributed by atoms with Crippen LogP contribution in [0.4, 0.5) is 5.69 Å². The first-order valence-electron chi connectivity index (χ1n) is 12.6. The Balaban J connectivity index is 1.83. The molecular formula is C30H31BrN3O3PS. The van der Waals surface area contributed by atoms with Gasteiger partial charge in [0.2, 0.25) is 10.0 Å². The van der Waals surface area contributed by atoms with Crippen LogP contribution in [0.5, 0.6) is 5.75 Å². The maximum absolute atomic E-state index is 11.9. The number of sulfonamides is 1. The van der Waals surface area contributed by atoms with E-state index in [4.69, 9.17) is 14.4 Å². The van der Waals surface area contributed by atoms with E-state index in [-0.39, 0.29) is 4.90 Å². The first kappa shape index (κ1) is 27.7. The van der Waals surface area contributed by atoms with Gasteiger partial charge in [0.1, 0.15) is 5.75 Å². The molecule has 2 N–H and O–H groups in total. The topological polar surface area (TPSA) is 86.7 Å². The molecule has 9 heteroatoms. The van der Waals surface area contributed by atoms with E-state index in [0.717, 1.165) is 27.2 Å². The van der Waals surface area contributed by atoms with Gasteiger partial charge in [-0.1, -0.05) is 61.0 Å². The predicted molar refractivity (Wildman–Crippen MR) is 166 cm³/mol. The van der Waals surface area contributed by atoms with Gasteiger partial charge in [0.05, 0.1) is 10.6 Å². The quantitative estimate of drug-likeness (QED) is 0.193. The van der Waals surface area contributed by atoms with E-state index >= 15 is 0 Å². The zero-order valence-corrected chi connectivity index (χ0v) is 25.6. The van der Waals surface area contributed by atoms with E-state index in [1.54, 1.807) is 12.1 Å². The summed E-state index contributed by atoms with van der Waals surface area (Å²) in [6, 6.07) is 29.1. The average Bonchev–Trinajstić information content (AvgIpc) is 3.20. The minimum Gasteiger partial charge on any atom is -0.455 e. The van der Waals surface area contributed by atoms with Crippen molar-refractivity contribution in [2.24, 2.45) is 9.88 Å². The van der Waals surface area contributed by atoms with Crippen molar-refractivity contribution in [3.05, 3.63) is 95.5 Å². The fourth-order valence-electron chi connectivity index (χ4n) is 4.92. The lowest BCUT2D eigenvalue weighted by molar-refractivity contribution is 0.571. The van der Waals surface area contributed by atoms with Gasteiger partial charge in [0.25, 0.3) is 0 Å². The van der Waals surface area contributed by atoms with Gasteiger partial charge in [0.15, 0.2) is 7.28 Å². The molecule has 1 atom stereocenters. The normalized spacial score (nSPS) is 13.9. The van der Waals surface area contributed by atoms with Gasteiger partial charge < -0.3 is 9.09 Å². The number of halogens is 1. The zero-order valence-electron chi connectivity index (χ0n) is 22.3. The second kappa shape index (κ2) is 10.3. The number of aromatic nitrogens is 1. The molecule has 5 rings (SSSR count). The number of primary sulfonamides is 1. The van der Waals surface area contributed by atoms with Gasteiger partial charge in [0, 0.05) is 43.3 Å². The van der Waals surface area contributed by atoms with Gasteiger partial charge >= 0.3 is 0 Å². The Bertz CT molecular complexity index is 1860. The van der Waals surface area contributed by atoms with Crippen molar-refractivity contribution in [2.75, 3.05) is 0 Å². The van der Waals surface area contributed by atoms with Crippen molar-refractivity contribution in [3.63, 3.8) is 0 Å². The van der Waals surface area contributed by atoms with Crippen LogP contribution in [0.25, 0.3) is 21.8 Å². The summed E-state index contributed by atoms with van der Waals surface area (Å²) in [6.45, 7) is 9.43. The molecular weight excluding hydrogens is 593 g/mol. The van der Waals surface area contributed by atoms with Crippen molar-refractivity contribution < 1.29 is 12.9 Å². The zero-order chi connectivity index (χ0) is 28.0. The fourth-order valence-corrected chi connectivity index (χ4v) is 8.88. The standard InChI is InChI=1S/C30H31BrN3O3PS/c1-5-34-28-12-7-6-11-26(28)27-20-24(15-18-29(27)34)38(30(2,3)4,37-23-10-8-9-21(31)19-23)33-22-13-16-25(17-14-22)39(32,35)36/h6-20H,5H2,1-4H3,(H2,32,35,36). The number of aryl methyl sites for hydroxylation is 1. The van der Waals surface area contributed by atoms with E-state index in [1.807, 2.05) is 24.3 Å². The molecule has 1 aromatic heterocycles. The number of fused-ring (bicyclic) bond motifs is 3. The Morgan fingerprint density at radius 3 is 2.23 bits per heavy atom. The molecule has 0 aliphatic rings. The van der Waals surface area contributed by atoms with E-state index in [0.29, 0.717) is 11.4 Å². The molecule has 0 spiro atoms. The predicted octanol–water partition coefficient (Wildman–Crippen LogP) is 8.18. The minimum atomic E-state index is -3.81. The molecule has 0 radical (unpaired) electrons. The Hall–Kier alpha value is -2.90. The third kappa shape index (κ3) is 5.19. The summed E-state index contributed by atoms with van der Waals surface area (Å²) in [5.74, 6) is 0.702. The van der Waals surface area contributed by atoms with E-state index in [9.17, 15) is 8.42 Å². The molecule has 4 aromatic carbocycles. The van der Waals surface area contributed by atoms with Crippen LogP contribution in [0.2, 0.25) is 0 Å². The smallest absolute Gasteiger partial charge is 0.238 e.